The van der Waals surface area contributed by atoms with Crippen LogP contribution in [-0.2, 0) is 4.79 Å². The Morgan fingerprint density at radius 2 is 1.81 bits per heavy atom. The molecule has 1 heterocycles. The van der Waals surface area contributed by atoms with Crippen LogP contribution in [0.15, 0.2) is 0 Å². The van der Waals surface area contributed by atoms with Crippen molar-refractivity contribution in [2.45, 2.75) is 26.2 Å². The highest BCUT2D eigenvalue weighted by atomic mass is 16.4. The lowest BCUT2D eigenvalue weighted by Crippen LogP contribution is -2.53. The van der Waals surface area contributed by atoms with Gasteiger partial charge in [0.1, 0.15) is 0 Å². The summed E-state index contributed by atoms with van der Waals surface area (Å²) >= 11 is 0. The highest BCUT2D eigenvalue weighted by Crippen LogP contribution is 2.07. The zero-order valence-corrected chi connectivity index (χ0v) is 12.8. The van der Waals surface area contributed by atoms with E-state index < -0.39 is 5.97 Å². The first kappa shape index (κ1) is 17.7. The van der Waals surface area contributed by atoms with Crippen LogP contribution in [0.1, 0.15) is 26.2 Å². The van der Waals surface area contributed by atoms with Crippen LogP contribution in [0, 0.1) is 0 Å². The number of carboxylic acid groups (broad SMARTS) is 1. The summed E-state index contributed by atoms with van der Waals surface area (Å²) in [4.78, 5) is 28.5. The Labute approximate surface area is 126 Å². The number of hydrogen-bond donors (Lipinski definition) is 2. The van der Waals surface area contributed by atoms with Crippen LogP contribution in [0.5, 0.6) is 0 Å². The molecule has 0 saturated carbocycles. The van der Waals surface area contributed by atoms with E-state index >= 15 is 0 Å². The molecule has 0 aliphatic carbocycles. The third kappa shape index (κ3) is 6.31. The van der Waals surface area contributed by atoms with Crippen molar-refractivity contribution in [2.24, 2.45) is 0 Å². The molecule has 0 atom stereocenters. The maximum Gasteiger partial charge on any atom is 0.320 e. The molecule has 0 bridgehead atoms. The van der Waals surface area contributed by atoms with Crippen LogP contribution in [0.4, 0.5) is 4.79 Å². The number of nitrogens with zero attached hydrogens (tertiary/aromatic N) is 3. The SMILES string of the molecule is CCCCN(CCO)C(=O)N1CCN(CCC(=O)O)CC1. The van der Waals surface area contributed by atoms with Gasteiger partial charge in [-0.2, -0.15) is 0 Å². The number of rotatable bonds is 8. The molecule has 0 spiro atoms. The summed E-state index contributed by atoms with van der Waals surface area (Å²) in [6.07, 6.45) is 2.09. The molecule has 1 aliphatic rings. The fourth-order valence-corrected chi connectivity index (χ4v) is 2.39. The van der Waals surface area contributed by atoms with E-state index in [4.69, 9.17) is 10.2 Å². The van der Waals surface area contributed by atoms with E-state index in [9.17, 15) is 9.59 Å². The van der Waals surface area contributed by atoms with Gasteiger partial charge in [-0.15, -0.1) is 0 Å². The van der Waals surface area contributed by atoms with Crippen molar-refractivity contribution in [3.05, 3.63) is 0 Å². The van der Waals surface area contributed by atoms with Gasteiger partial charge in [-0.25, -0.2) is 4.79 Å². The van der Waals surface area contributed by atoms with E-state index in [1.807, 2.05) is 0 Å². The molecule has 122 valence electrons. The number of carboxylic acids is 1. The van der Waals surface area contributed by atoms with Crippen LogP contribution in [-0.4, -0.2) is 89.3 Å². The number of hydrogen-bond acceptors (Lipinski definition) is 4. The predicted molar refractivity (Wildman–Crippen MR) is 79.2 cm³/mol. The van der Waals surface area contributed by atoms with Crippen molar-refractivity contribution < 1.29 is 19.8 Å². The second-order valence-electron chi connectivity index (χ2n) is 5.32. The van der Waals surface area contributed by atoms with Crippen molar-refractivity contribution >= 4 is 12.0 Å². The summed E-state index contributed by atoms with van der Waals surface area (Å²) in [5.74, 6) is -0.790. The van der Waals surface area contributed by atoms with Gasteiger partial charge < -0.3 is 20.0 Å². The third-order valence-electron chi connectivity index (χ3n) is 3.71. The summed E-state index contributed by atoms with van der Waals surface area (Å²) in [5.41, 5.74) is 0. The summed E-state index contributed by atoms with van der Waals surface area (Å²) < 4.78 is 0. The minimum Gasteiger partial charge on any atom is -0.481 e. The van der Waals surface area contributed by atoms with Crippen molar-refractivity contribution in [3.8, 4) is 0 Å². The Balaban J connectivity index is 2.39. The number of amides is 2. The lowest BCUT2D eigenvalue weighted by Gasteiger charge is -2.37. The monoisotopic (exact) mass is 301 g/mol. The lowest BCUT2D eigenvalue weighted by molar-refractivity contribution is -0.137. The fraction of sp³-hybridized carbons (Fsp3) is 0.857. The first-order valence-electron chi connectivity index (χ1n) is 7.67. The molecule has 0 aromatic carbocycles. The van der Waals surface area contributed by atoms with Gasteiger partial charge in [0.05, 0.1) is 13.0 Å². The number of aliphatic hydroxyl groups is 1. The van der Waals surface area contributed by atoms with Gasteiger partial charge in [-0.3, -0.25) is 9.69 Å². The zero-order chi connectivity index (χ0) is 15.7. The second-order valence-corrected chi connectivity index (χ2v) is 5.32. The van der Waals surface area contributed by atoms with Crippen LogP contribution >= 0.6 is 0 Å². The van der Waals surface area contributed by atoms with Gasteiger partial charge in [-0.05, 0) is 6.42 Å². The molecular weight excluding hydrogens is 274 g/mol. The standard InChI is InChI=1S/C14H27N3O4/c1-2-3-5-16(11-12-18)14(21)17-9-7-15(8-10-17)6-4-13(19)20/h18H,2-12H2,1H3,(H,19,20). The summed E-state index contributed by atoms with van der Waals surface area (Å²) in [6.45, 7) is 6.29. The van der Waals surface area contributed by atoms with E-state index in [2.05, 4.69) is 11.8 Å². The number of aliphatic hydroxyl groups excluding tert-OH is 1. The number of aliphatic carboxylic acids is 1. The van der Waals surface area contributed by atoms with Crippen molar-refractivity contribution in [1.29, 1.82) is 0 Å². The second kappa shape index (κ2) is 9.57. The first-order chi connectivity index (χ1) is 10.1. The van der Waals surface area contributed by atoms with Crippen LogP contribution < -0.4 is 0 Å². The van der Waals surface area contributed by atoms with Crippen LogP contribution in [0.25, 0.3) is 0 Å². The predicted octanol–water partition coefficient (Wildman–Crippen LogP) is 0.293. The Hall–Kier alpha value is -1.34. The zero-order valence-electron chi connectivity index (χ0n) is 12.8. The molecule has 2 N–H and O–H groups in total. The highest BCUT2D eigenvalue weighted by molar-refractivity contribution is 5.74. The van der Waals surface area contributed by atoms with E-state index in [1.54, 1.807) is 9.80 Å². The fourth-order valence-electron chi connectivity index (χ4n) is 2.39. The highest BCUT2D eigenvalue weighted by Gasteiger charge is 2.24. The minimum absolute atomic E-state index is 0.0182. The molecule has 0 unspecified atom stereocenters. The minimum atomic E-state index is -0.790. The van der Waals surface area contributed by atoms with E-state index in [0.717, 1.165) is 12.8 Å². The molecule has 7 nitrogen and oxygen atoms in total. The van der Waals surface area contributed by atoms with Crippen molar-refractivity contribution in [1.82, 2.24) is 14.7 Å². The van der Waals surface area contributed by atoms with Crippen LogP contribution in [0.3, 0.4) is 0 Å². The maximum absolute atomic E-state index is 12.4. The first-order valence-corrected chi connectivity index (χ1v) is 7.67. The van der Waals surface area contributed by atoms with Gasteiger partial charge in [-0.1, -0.05) is 13.3 Å². The van der Waals surface area contributed by atoms with Gasteiger partial charge in [0.15, 0.2) is 0 Å². The molecule has 1 aliphatic heterocycles. The third-order valence-corrected chi connectivity index (χ3v) is 3.71. The smallest absolute Gasteiger partial charge is 0.320 e. The Bertz CT molecular complexity index is 330. The van der Waals surface area contributed by atoms with Gasteiger partial charge >= 0.3 is 12.0 Å². The van der Waals surface area contributed by atoms with Gasteiger partial charge in [0.25, 0.3) is 0 Å². The maximum atomic E-state index is 12.4. The molecule has 0 aromatic heterocycles. The summed E-state index contributed by atoms with van der Waals surface area (Å²) in [6, 6.07) is -0.0182. The normalized spacial score (nSPS) is 16.0. The van der Waals surface area contributed by atoms with E-state index in [1.165, 1.54) is 0 Å². The molecule has 1 saturated heterocycles. The average molecular weight is 301 g/mol. The molecule has 0 radical (unpaired) electrons. The number of urea groups is 1. The largest absolute Gasteiger partial charge is 0.481 e. The molecule has 2 amide bonds. The molecule has 21 heavy (non-hydrogen) atoms. The van der Waals surface area contributed by atoms with Crippen molar-refractivity contribution in [2.75, 3.05) is 52.4 Å². The van der Waals surface area contributed by atoms with Gasteiger partial charge in [0, 0.05) is 45.8 Å². The summed E-state index contributed by atoms with van der Waals surface area (Å²) in [5, 5.41) is 17.7. The Morgan fingerprint density at radius 3 is 2.33 bits per heavy atom. The van der Waals surface area contributed by atoms with Crippen LogP contribution in [0.2, 0.25) is 0 Å². The topological polar surface area (TPSA) is 84.3 Å². The Kier molecular flexibility index (Phi) is 8.07. The average Bonchev–Trinajstić information content (AvgIpc) is 2.49. The van der Waals surface area contributed by atoms with E-state index in [-0.39, 0.29) is 19.1 Å². The lowest BCUT2D eigenvalue weighted by atomic mass is 10.3. The van der Waals surface area contributed by atoms with Crippen molar-refractivity contribution in [3.63, 3.8) is 0 Å². The number of carbonyl (C=O) groups is 2. The quantitative estimate of drug-likeness (QED) is 0.673. The molecule has 0 aromatic rings. The molecule has 7 heteroatoms. The van der Waals surface area contributed by atoms with Gasteiger partial charge in [0.2, 0.25) is 0 Å². The molecular formula is C14H27N3O4. The number of piperazine rings is 1. The number of carbonyl (C=O) groups excluding carboxylic acids is 1. The molecule has 1 fully saturated rings. The number of unbranched alkanes of at least 4 members (excludes halogenated alkanes) is 1. The Morgan fingerprint density at radius 1 is 1.14 bits per heavy atom. The molecule has 1 rings (SSSR count). The summed E-state index contributed by atoms with van der Waals surface area (Å²) in [7, 11) is 0. The van der Waals surface area contributed by atoms with E-state index in [0.29, 0.717) is 45.8 Å².